The summed E-state index contributed by atoms with van der Waals surface area (Å²) < 4.78 is 40.2. The molecule has 0 unspecified atom stereocenters. The molecule has 1 aliphatic carbocycles. The number of amides is 2. The number of anilines is 1. The van der Waals surface area contributed by atoms with Crippen LogP contribution in [0, 0.1) is 0 Å². The van der Waals surface area contributed by atoms with Crippen LogP contribution in [0.2, 0.25) is 0 Å². The molecule has 2 aliphatic heterocycles. The van der Waals surface area contributed by atoms with Crippen LogP contribution >= 0.6 is 0 Å². The van der Waals surface area contributed by atoms with Crippen LogP contribution in [-0.2, 0) is 36.1 Å². The number of hydrogen-bond donors (Lipinski definition) is 1. The molecule has 2 aromatic rings. The minimum atomic E-state index is -4.21. The molecule has 0 saturated carbocycles. The van der Waals surface area contributed by atoms with Gasteiger partial charge in [0, 0.05) is 37.4 Å². The molecule has 0 bridgehead atoms. The number of carboxylic acid groups (broad SMARTS) is 1. The number of imidazole rings is 1. The minimum Gasteiger partial charge on any atom is -0.465 e. The van der Waals surface area contributed by atoms with E-state index >= 15 is 0 Å². The predicted octanol–water partition coefficient (Wildman–Crippen LogP) is 3.88. The number of nitrogens with zero attached hydrogens (tertiary/aromatic N) is 4. The highest BCUT2D eigenvalue weighted by Crippen LogP contribution is 2.47. The first kappa shape index (κ1) is 21.8. The van der Waals surface area contributed by atoms with E-state index in [0.29, 0.717) is 5.82 Å². The van der Waals surface area contributed by atoms with E-state index in [9.17, 15) is 27.9 Å². The summed E-state index contributed by atoms with van der Waals surface area (Å²) in [7, 11) is 0. The fourth-order valence-electron chi connectivity index (χ4n) is 5.42. The summed E-state index contributed by atoms with van der Waals surface area (Å²) >= 11 is 0. The SMILES string of the molecule is O=C(O)N1CC2(C1)C(=O)N(Cc1nc3c(n1CCCC(F)(F)F)CCCC3)c1ccccc12. The van der Waals surface area contributed by atoms with Gasteiger partial charge in [0.05, 0.1) is 12.2 Å². The summed E-state index contributed by atoms with van der Waals surface area (Å²) in [6.45, 7) is 0.568. The van der Waals surface area contributed by atoms with Crippen molar-refractivity contribution in [3.05, 3.63) is 47.0 Å². The number of alkyl halides is 3. The van der Waals surface area contributed by atoms with Gasteiger partial charge in [-0.05, 0) is 43.7 Å². The van der Waals surface area contributed by atoms with Gasteiger partial charge in [0.15, 0.2) is 0 Å². The summed E-state index contributed by atoms with van der Waals surface area (Å²) in [6, 6.07) is 7.35. The van der Waals surface area contributed by atoms with E-state index in [1.54, 1.807) is 4.90 Å². The second-order valence-corrected chi connectivity index (χ2v) is 9.13. The number of aromatic nitrogens is 2. The molecule has 10 heteroatoms. The zero-order valence-corrected chi connectivity index (χ0v) is 18.1. The molecule has 1 aromatic carbocycles. The molecule has 1 spiro atoms. The Morgan fingerprint density at radius 3 is 2.61 bits per heavy atom. The number of halogens is 3. The van der Waals surface area contributed by atoms with E-state index in [2.05, 4.69) is 0 Å². The maximum Gasteiger partial charge on any atom is 0.407 e. The van der Waals surface area contributed by atoms with E-state index in [4.69, 9.17) is 4.98 Å². The van der Waals surface area contributed by atoms with Crippen LogP contribution in [0.15, 0.2) is 24.3 Å². The first-order chi connectivity index (χ1) is 15.7. The Labute approximate surface area is 188 Å². The highest BCUT2D eigenvalue weighted by molar-refractivity contribution is 6.09. The highest BCUT2D eigenvalue weighted by Gasteiger charge is 2.59. The van der Waals surface area contributed by atoms with Crippen molar-refractivity contribution in [2.75, 3.05) is 18.0 Å². The Hall–Kier alpha value is -3.04. The summed E-state index contributed by atoms with van der Waals surface area (Å²) in [5, 5.41) is 9.29. The van der Waals surface area contributed by atoms with Gasteiger partial charge < -0.3 is 19.5 Å². The number of aryl methyl sites for hydroxylation is 1. The lowest BCUT2D eigenvalue weighted by Crippen LogP contribution is -2.65. The van der Waals surface area contributed by atoms with Crippen molar-refractivity contribution in [1.82, 2.24) is 14.5 Å². The van der Waals surface area contributed by atoms with Crippen molar-refractivity contribution in [2.24, 2.45) is 0 Å². The molecular formula is C23H25F3N4O3. The topological polar surface area (TPSA) is 78.7 Å². The molecule has 1 fully saturated rings. The number of hydrogen-bond acceptors (Lipinski definition) is 3. The van der Waals surface area contributed by atoms with E-state index < -0.39 is 24.1 Å². The lowest BCUT2D eigenvalue weighted by atomic mass is 9.75. The Balaban J connectivity index is 1.45. The second kappa shape index (κ2) is 7.78. The highest BCUT2D eigenvalue weighted by atomic mass is 19.4. The molecule has 33 heavy (non-hydrogen) atoms. The van der Waals surface area contributed by atoms with Crippen molar-refractivity contribution in [3.8, 4) is 0 Å². The third-order valence-electron chi connectivity index (χ3n) is 7.01. The van der Waals surface area contributed by atoms with Gasteiger partial charge in [-0.1, -0.05) is 18.2 Å². The smallest absolute Gasteiger partial charge is 0.407 e. The van der Waals surface area contributed by atoms with E-state index in [1.807, 2.05) is 28.8 Å². The molecule has 1 N–H and O–H groups in total. The summed E-state index contributed by atoms with van der Waals surface area (Å²) in [5.41, 5.74) is 2.51. The number of rotatable bonds is 5. The maximum absolute atomic E-state index is 13.6. The Bertz CT molecular complexity index is 1100. The third-order valence-corrected chi connectivity index (χ3v) is 7.01. The second-order valence-electron chi connectivity index (χ2n) is 9.13. The molecule has 5 rings (SSSR count). The minimum absolute atomic E-state index is 0.0403. The van der Waals surface area contributed by atoms with Gasteiger partial charge in [-0.2, -0.15) is 13.2 Å². The van der Waals surface area contributed by atoms with Crippen molar-refractivity contribution in [1.29, 1.82) is 0 Å². The largest absolute Gasteiger partial charge is 0.465 e. The Morgan fingerprint density at radius 2 is 1.88 bits per heavy atom. The first-order valence-electron chi connectivity index (χ1n) is 11.2. The van der Waals surface area contributed by atoms with Crippen LogP contribution in [-0.4, -0.2) is 50.8 Å². The van der Waals surface area contributed by atoms with Gasteiger partial charge in [-0.3, -0.25) is 4.79 Å². The maximum atomic E-state index is 13.6. The van der Waals surface area contributed by atoms with Crippen LogP contribution in [0.4, 0.5) is 23.7 Å². The van der Waals surface area contributed by atoms with Gasteiger partial charge in [-0.15, -0.1) is 0 Å². The number of benzene rings is 1. The average molecular weight is 462 g/mol. The normalized spacial score (nSPS) is 18.9. The number of fused-ring (bicyclic) bond motifs is 3. The molecule has 3 heterocycles. The van der Waals surface area contributed by atoms with E-state index in [-0.39, 0.29) is 38.5 Å². The number of carbonyl (C=O) groups excluding carboxylic acids is 1. The van der Waals surface area contributed by atoms with Crippen molar-refractivity contribution in [3.63, 3.8) is 0 Å². The summed E-state index contributed by atoms with van der Waals surface area (Å²) in [4.78, 5) is 32.5. The predicted molar refractivity (Wildman–Crippen MR) is 113 cm³/mol. The van der Waals surface area contributed by atoms with Gasteiger partial charge >= 0.3 is 12.3 Å². The molecule has 1 saturated heterocycles. The molecule has 2 amide bonds. The lowest BCUT2D eigenvalue weighted by molar-refractivity contribution is -0.136. The zero-order valence-electron chi connectivity index (χ0n) is 18.1. The van der Waals surface area contributed by atoms with Crippen LogP contribution in [0.3, 0.4) is 0 Å². The lowest BCUT2D eigenvalue weighted by Gasteiger charge is -2.45. The van der Waals surface area contributed by atoms with Gasteiger partial charge in [0.2, 0.25) is 5.91 Å². The van der Waals surface area contributed by atoms with Crippen LogP contribution < -0.4 is 4.90 Å². The van der Waals surface area contributed by atoms with Crippen molar-refractivity contribution in [2.45, 2.75) is 63.2 Å². The molecule has 0 atom stereocenters. The summed E-state index contributed by atoms with van der Waals surface area (Å²) in [5.74, 6) is 0.419. The Morgan fingerprint density at radius 1 is 1.15 bits per heavy atom. The van der Waals surface area contributed by atoms with Crippen molar-refractivity contribution >= 4 is 17.7 Å². The number of para-hydroxylation sites is 1. The van der Waals surface area contributed by atoms with Crippen LogP contribution in [0.5, 0.6) is 0 Å². The molecule has 1 aromatic heterocycles. The third kappa shape index (κ3) is 3.65. The zero-order chi connectivity index (χ0) is 23.4. The monoisotopic (exact) mass is 462 g/mol. The molecule has 3 aliphatic rings. The molecular weight excluding hydrogens is 437 g/mol. The quantitative estimate of drug-likeness (QED) is 0.732. The standard InChI is InChI=1S/C23H25F3N4O3/c24-23(25,26)10-5-11-29-18-9-4-2-7-16(18)27-19(29)12-30-17-8-3-1-6-15(17)22(20(30)31)13-28(14-22)21(32)33/h1,3,6,8H,2,4-5,7,9-14H2,(H,32,33). The Kier molecular flexibility index (Phi) is 5.13. The molecule has 0 radical (unpaired) electrons. The van der Waals surface area contributed by atoms with Crippen LogP contribution in [0.25, 0.3) is 0 Å². The van der Waals surface area contributed by atoms with E-state index in [0.717, 1.165) is 48.3 Å². The fraction of sp³-hybridized carbons (Fsp3) is 0.522. The fourth-order valence-corrected chi connectivity index (χ4v) is 5.42. The van der Waals surface area contributed by atoms with Gasteiger partial charge in [0.25, 0.3) is 0 Å². The van der Waals surface area contributed by atoms with Gasteiger partial charge in [0.1, 0.15) is 11.2 Å². The summed E-state index contributed by atoms with van der Waals surface area (Å²) in [6.07, 6.45) is -2.65. The first-order valence-corrected chi connectivity index (χ1v) is 11.2. The van der Waals surface area contributed by atoms with E-state index in [1.165, 1.54) is 4.90 Å². The van der Waals surface area contributed by atoms with Crippen LogP contribution in [0.1, 0.15) is 48.5 Å². The van der Waals surface area contributed by atoms with Gasteiger partial charge in [-0.25, -0.2) is 9.78 Å². The van der Waals surface area contributed by atoms with Crippen molar-refractivity contribution < 1.29 is 27.9 Å². The molecule has 176 valence electrons. The number of carbonyl (C=O) groups is 2. The molecule has 7 nitrogen and oxygen atoms in total. The number of likely N-dealkylation sites (tertiary alicyclic amines) is 1. The average Bonchev–Trinajstić information content (AvgIpc) is 3.19.